The molecule has 1 amide bonds. The first kappa shape index (κ1) is 18.7. The van der Waals surface area contributed by atoms with Crippen LogP contribution in [0.5, 0.6) is 0 Å². The van der Waals surface area contributed by atoms with Gasteiger partial charge in [0.15, 0.2) is 0 Å². The summed E-state index contributed by atoms with van der Waals surface area (Å²) in [5.74, 6) is -0.0309. The Labute approximate surface area is 120 Å². The van der Waals surface area contributed by atoms with E-state index in [4.69, 9.17) is 0 Å². The molecule has 1 N–H and O–H groups in total. The van der Waals surface area contributed by atoms with E-state index in [1.165, 1.54) is 7.11 Å². The van der Waals surface area contributed by atoms with Gasteiger partial charge in [-0.1, -0.05) is 33.6 Å². The maximum atomic E-state index is 13.1. The van der Waals surface area contributed by atoms with Gasteiger partial charge in [0.2, 0.25) is 6.36 Å². The summed E-state index contributed by atoms with van der Waals surface area (Å²) in [6, 6.07) is -0.792. The van der Waals surface area contributed by atoms with E-state index in [9.17, 15) is 14.0 Å². The molecule has 0 saturated heterocycles. The molecule has 0 aromatic carbocycles. The van der Waals surface area contributed by atoms with Gasteiger partial charge in [-0.25, -0.2) is 14.0 Å². The molecule has 118 valence electrons. The molecule has 0 spiro atoms. The van der Waals surface area contributed by atoms with Crippen LogP contribution < -0.4 is 5.32 Å². The Balaban J connectivity index is 4.27. The van der Waals surface area contributed by atoms with Crippen molar-refractivity contribution in [3.63, 3.8) is 0 Å². The zero-order chi connectivity index (χ0) is 15.5. The van der Waals surface area contributed by atoms with Crippen molar-refractivity contribution in [3.05, 3.63) is 0 Å². The van der Waals surface area contributed by atoms with Crippen molar-refractivity contribution < 1.29 is 23.5 Å². The minimum absolute atomic E-state index is 0.143. The molecule has 0 saturated carbocycles. The topological polar surface area (TPSA) is 64.6 Å². The highest BCUT2D eigenvalue weighted by atomic mass is 19.1. The zero-order valence-corrected chi connectivity index (χ0v) is 12.8. The summed E-state index contributed by atoms with van der Waals surface area (Å²) in [5, 5.41) is 2.36. The van der Waals surface area contributed by atoms with Crippen molar-refractivity contribution in [2.75, 3.05) is 7.11 Å². The van der Waals surface area contributed by atoms with E-state index in [1.807, 2.05) is 0 Å². The molecule has 5 nitrogen and oxygen atoms in total. The van der Waals surface area contributed by atoms with E-state index < -0.39 is 24.5 Å². The number of esters is 1. The summed E-state index contributed by atoms with van der Waals surface area (Å²) in [5.41, 5.74) is 0. The molecule has 0 radical (unpaired) electrons. The highest BCUT2D eigenvalue weighted by molar-refractivity contribution is 5.81. The highest BCUT2D eigenvalue weighted by Gasteiger charge is 2.23. The summed E-state index contributed by atoms with van der Waals surface area (Å²) in [4.78, 5) is 23.0. The smallest absolute Gasteiger partial charge is 0.410 e. The van der Waals surface area contributed by atoms with Crippen molar-refractivity contribution in [2.24, 2.45) is 5.92 Å². The fraction of sp³-hybridized carbons (Fsp3) is 0.857. The second-order valence-electron chi connectivity index (χ2n) is 5.15. The molecule has 0 aliphatic heterocycles. The molecule has 0 rings (SSSR count). The van der Waals surface area contributed by atoms with Crippen LogP contribution in [0, 0.1) is 5.92 Å². The minimum Gasteiger partial charge on any atom is -0.467 e. The second kappa shape index (κ2) is 10.5. The molecule has 0 heterocycles. The Kier molecular flexibility index (Phi) is 9.76. The average Bonchev–Trinajstić information content (AvgIpc) is 2.36. The van der Waals surface area contributed by atoms with E-state index in [0.717, 1.165) is 12.8 Å². The maximum absolute atomic E-state index is 13.1. The van der Waals surface area contributed by atoms with Gasteiger partial charge in [-0.3, -0.25) is 0 Å². The number of alkyl carbamates (subject to hydrolysis) is 1. The predicted molar refractivity (Wildman–Crippen MR) is 73.9 cm³/mol. The van der Waals surface area contributed by atoms with Crippen LogP contribution in [0.2, 0.25) is 0 Å². The first-order valence-corrected chi connectivity index (χ1v) is 7.09. The van der Waals surface area contributed by atoms with Gasteiger partial charge in [0, 0.05) is 6.42 Å². The number of carbonyl (C=O) groups is 2. The largest absolute Gasteiger partial charge is 0.467 e. The Morgan fingerprint density at radius 2 is 1.85 bits per heavy atom. The van der Waals surface area contributed by atoms with E-state index >= 15 is 0 Å². The molecule has 0 bridgehead atoms. The van der Waals surface area contributed by atoms with Gasteiger partial charge in [0.25, 0.3) is 0 Å². The summed E-state index contributed by atoms with van der Waals surface area (Å²) >= 11 is 0. The number of halogens is 1. The number of methoxy groups -OCH3 is 1. The summed E-state index contributed by atoms with van der Waals surface area (Å²) in [6.45, 7) is 5.94. The van der Waals surface area contributed by atoms with Crippen molar-refractivity contribution >= 4 is 12.1 Å². The monoisotopic (exact) mass is 291 g/mol. The summed E-state index contributed by atoms with van der Waals surface area (Å²) in [6.07, 6.45) is 0.301. The van der Waals surface area contributed by atoms with E-state index in [2.05, 4.69) is 28.6 Å². The van der Waals surface area contributed by atoms with Crippen LogP contribution in [0.15, 0.2) is 0 Å². The van der Waals surface area contributed by atoms with Crippen LogP contribution in [0.4, 0.5) is 9.18 Å². The lowest BCUT2D eigenvalue weighted by atomic mass is 10.0. The van der Waals surface area contributed by atoms with Crippen LogP contribution in [-0.2, 0) is 14.3 Å². The normalized spacial score (nSPS) is 13.7. The molecule has 0 aromatic heterocycles. The third-order valence-electron chi connectivity index (χ3n) is 2.80. The second-order valence-corrected chi connectivity index (χ2v) is 5.15. The minimum atomic E-state index is -1.64. The Morgan fingerprint density at radius 1 is 1.20 bits per heavy atom. The number of carbonyl (C=O) groups excluding carboxylic acids is 2. The third-order valence-corrected chi connectivity index (χ3v) is 2.80. The van der Waals surface area contributed by atoms with E-state index in [1.54, 1.807) is 6.92 Å². The molecule has 0 aliphatic rings. The molecule has 6 heteroatoms. The van der Waals surface area contributed by atoms with Crippen molar-refractivity contribution in [2.45, 2.75) is 65.3 Å². The number of ether oxygens (including phenoxy) is 2. The molecule has 0 aliphatic carbocycles. The number of amides is 1. The van der Waals surface area contributed by atoms with Gasteiger partial charge in [0.05, 0.1) is 7.11 Å². The first-order chi connectivity index (χ1) is 9.40. The Hall–Kier alpha value is -1.33. The SMILES string of the molecule is CCCC(F)OC(=O)NC(CCCC(C)C)C(=O)OC. The summed E-state index contributed by atoms with van der Waals surface area (Å²) in [7, 11) is 1.25. The van der Waals surface area contributed by atoms with Crippen LogP contribution in [0.3, 0.4) is 0 Å². The molecule has 2 unspecified atom stereocenters. The van der Waals surface area contributed by atoms with Gasteiger partial charge in [-0.2, -0.15) is 0 Å². The number of hydrogen-bond acceptors (Lipinski definition) is 4. The lowest BCUT2D eigenvalue weighted by Gasteiger charge is -2.17. The third kappa shape index (κ3) is 8.72. The van der Waals surface area contributed by atoms with Crippen molar-refractivity contribution in [1.29, 1.82) is 0 Å². The number of alkyl halides is 1. The van der Waals surface area contributed by atoms with Gasteiger partial charge in [-0.05, 0) is 18.8 Å². The lowest BCUT2D eigenvalue weighted by Crippen LogP contribution is -2.42. The van der Waals surface area contributed by atoms with Gasteiger partial charge < -0.3 is 14.8 Å². The van der Waals surface area contributed by atoms with Gasteiger partial charge in [-0.15, -0.1) is 0 Å². The van der Waals surface area contributed by atoms with Crippen molar-refractivity contribution in [1.82, 2.24) is 5.32 Å². The molecule has 0 fully saturated rings. The van der Waals surface area contributed by atoms with Crippen LogP contribution in [0.25, 0.3) is 0 Å². The number of nitrogens with one attached hydrogen (secondary N) is 1. The molecular weight excluding hydrogens is 265 g/mol. The van der Waals surface area contributed by atoms with Crippen LogP contribution >= 0.6 is 0 Å². The molecular formula is C14H26FNO4. The Bertz CT molecular complexity index is 297. The fourth-order valence-corrected chi connectivity index (χ4v) is 1.70. The molecule has 2 atom stereocenters. The first-order valence-electron chi connectivity index (χ1n) is 7.09. The molecule has 0 aromatic rings. The Morgan fingerprint density at radius 3 is 2.35 bits per heavy atom. The maximum Gasteiger partial charge on any atom is 0.410 e. The summed E-state index contributed by atoms with van der Waals surface area (Å²) < 4.78 is 22.3. The van der Waals surface area contributed by atoms with Crippen LogP contribution in [-0.4, -0.2) is 31.6 Å². The highest BCUT2D eigenvalue weighted by Crippen LogP contribution is 2.10. The molecule has 20 heavy (non-hydrogen) atoms. The predicted octanol–water partition coefficient (Wildman–Crippen LogP) is 3.18. The van der Waals surface area contributed by atoms with Gasteiger partial charge >= 0.3 is 12.1 Å². The zero-order valence-electron chi connectivity index (χ0n) is 12.8. The number of hydrogen-bond donors (Lipinski definition) is 1. The average molecular weight is 291 g/mol. The number of rotatable bonds is 9. The van der Waals surface area contributed by atoms with E-state index in [0.29, 0.717) is 18.8 Å². The van der Waals surface area contributed by atoms with E-state index in [-0.39, 0.29) is 6.42 Å². The van der Waals surface area contributed by atoms with Crippen LogP contribution in [0.1, 0.15) is 52.9 Å². The van der Waals surface area contributed by atoms with Crippen molar-refractivity contribution in [3.8, 4) is 0 Å². The lowest BCUT2D eigenvalue weighted by molar-refractivity contribution is -0.143. The van der Waals surface area contributed by atoms with Gasteiger partial charge in [0.1, 0.15) is 6.04 Å². The quantitative estimate of drug-likeness (QED) is 0.663. The fourth-order valence-electron chi connectivity index (χ4n) is 1.70. The standard InChI is InChI=1S/C14H26FNO4/c1-5-7-12(15)20-14(18)16-11(13(17)19-4)9-6-8-10(2)3/h10-12H,5-9H2,1-4H3,(H,16,18).